The third kappa shape index (κ3) is 3.45. The first kappa shape index (κ1) is 12.9. The lowest BCUT2D eigenvalue weighted by Crippen LogP contribution is -2.06. The Hall–Kier alpha value is -1.58. The molecule has 0 aliphatic carbocycles. The molecule has 0 unspecified atom stereocenters. The summed E-state index contributed by atoms with van der Waals surface area (Å²) in [7, 11) is 0. The van der Waals surface area contributed by atoms with E-state index in [9.17, 15) is 0 Å². The second-order valence-electron chi connectivity index (χ2n) is 4.13. The quantitative estimate of drug-likeness (QED) is 0.919. The highest BCUT2D eigenvalue weighted by atomic mass is 35.5. The average molecular weight is 263 g/mol. The number of pyridine rings is 1. The van der Waals surface area contributed by atoms with Crippen LogP contribution in [-0.2, 0) is 6.61 Å². The van der Waals surface area contributed by atoms with Crippen LogP contribution in [0.5, 0.6) is 5.88 Å². The van der Waals surface area contributed by atoms with E-state index in [-0.39, 0.29) is 6.04 Å². The van der Waals surface area contributed by atoms with Crippen LogP contribution in [0.1, 0.15) is 24.1 Å². The van der Waals surface area contributed by atoms with Crippen LogP contribution in [0.3, 0.4) is 0 Å². The van der Waals surface area contributed by atoms with E-state index >= 15 is 0 Å². The molecule has 2 N–H and O–H groups in total. The highest BCUT2D eigenvalue weighted by Crippen LogP contribution is 2.17. The van der Waals surface area contributed by atoms with Gasteiger partial charge in [-0.15, -0.1) is 0 Å². The second kappa shape index (κ2) is 5.85. The molecule has 1 aromatic carbocycles. The Morgan fingerprint density at radius 1 is 1.33 bits per heavy atom. The highest BCUT2D eigenvalue weighted by molar-refractivity contribution is 6.30. The lowest BCUT2D eigenvalue weighted by molar-refractivity contribution is 0.293. The minimum absolute atomic E-state index is 0.0264. The Bertz CT molecular complexity index is 529. The minimum Gasteiger partial charge on any atom is -0.473 e. The normalized spacial score (nSPS) is 12.2. The summed E-state index contributed by atoms with van der Waals surface area (Å²) in [5, 5.41) is 0.702. The molecule has 0 radical (unpaired) electrons. The van der Waals surface area contributed by atoms with Gasteiger partial charge in [0.1, 0.15) is 6.61 Å². The Morgan fingerprint density at radius 3 is 2.89 bits per heavy atom. The summed E-state index contributed by atoms with van der Waals surface area (Å²) in [5.41, 5.74) is 7.82. The van der Waals surface area contributed by atoms with Gasteiger partial charge >= 0.3 is 0 Å². The first-order valence-corrected chi connectivity index (χ1v) is 6.12. The van der Waals surface area contributed by atoms with Gasteiger partial charge in [0.15, 0.2) is 0 Å². The lowest BCUT2D eigenvalue weighted by Gasteiger charge is -2.09. The van der Waals surface area contributed by atoms with E-state index in [1.807, 2.05) is 43.3 Å². The molecule has 0 fully saturated rings. The van der Waals surface area contributed by atoms with Crippen LogP contribution in [0.25, 0.3) is 0 Å². The Labute approximate surface area is 112 Å². The fourth-order valence-corrected chi connectivity index (χ4v) is 1.78. The number of ether oxygens (including phenoxy) is 1. The topological polar surface area (TPSA) is 48.1 Å². The summed E-state index contributed by atoms with van der Waals surface area (Å²) < 4.78 is 5.61. The van der Waals surface area contributed by atoms with E-state index in [4.69, 9.17) is 22.1 Å². The van der Waals surface area contributed by atoms with E-state index in [1.54, 1.807) is 6.20 Å². The van der Waals surface area contributed by atoms with Crippen molar-refractivity contribution in [1.82, 2.24) is 4.98 Å². The second-order valence-corrected chi connectivity index (χ2v) is 4.57. The molecule has 3 nitrogen and oxygen atoms in total. The minimum atomic E-state index is -0.0264. The zero-order valence-corrected chi connectivity index (χ0v) is 10.9. The van der Waals surface area contributed by atoms with Crippen molar-refractivity contribution in [3.8, 4) is 5.88 Å². The number of nitrogens with two attached hydrogens (primary N) is 1. The number of benzene rings is 1. The van der Waals surface area contributed by atoms with E-state index in [1.165, 1.54) is 0 Å². The first-order valence-electron chi connectivity index (χ1n) is 5.74. The SMILES string of the molecule is C[C@H](N)c1ccnc(OCc2cccc(Cl)c2)c1. The molecule has 0 saturated heterocycles. The highest BCUT2D eigenvalue weighted by Gasteiger charge is 2.03. The predicted molar refractivity (Wildman–Crippen MR) is 72.6 cm³/mol. The van der Waals surface area contributed by atoms with Crippen molar-refractivity contribution < 1.29 is 4.74 Å². The zero-order chi connectivity index (χ0) is 13.0. The molecule has 18 heavy (non-hydrogen) atoms. The van der Waals surface area contributed by atoms with Gasteiger partial charge in [-0.05, 0) is 36.2 Å². The van der Waals surface area contributed by atoms with Crippen molar-refractivity contribution in [3.05, 3.63) is 58.7 Å². The molecule has 2 rings (SSSR count). The van der Waals surface area contributed by atoms with Crippen LogP contribution in [0, 0.1) is 0 Å². The van der Waals surface area contributed by atoms with Crippen LogP contribution >= 0.6 is 11.6 Å². The number of halogens is 1. The Morgan fingerprint density at radius 2 is 2.17 bits per heavy atom. The molecule has 0 aliphatic rings. The average Bonchev–Trinajstić information content (AvgIpc) is 2.37. The molecule has 0 saturated carbocycles. The van der Waals surface area contributed by atoms with Crippen molar-refractivity contribution >= 4 is 11.6 Å². The number of aromatic nitrogens is 1. The van der Waals surface area contributed by atoms with Gasteiger partial charge in [-0.1, -0.05) is 23.7 Å². The van der Waals surface area contributed by atoms with E-state index in [2.05, 4.69) is 4.98 Å². The Balaban J connectivity index is 2.04. The van der Waals surface area contributed by atoms with Crippen LogP contribution in [-0.4, -0.2) is 4.98 Å². The maximum atomic E-state index is 5.91. The van der Waals surface area contributed by atoms with Crippen molar-refractivity contribution in [3.63, 3.8) is 0 Å². The number of rotatable bonds is 4. The van der Waals surface area contributed by atoms with Gasteiger partial charge in [-0.2, -0.15) is 0 Å². The molecule has 0 bridgehead atoms. The molecule has 2 aromatic rings. The van der Waals surface area contributed by atoms with Crippen LogP contribution < -0.4 is 10.5 Å². The molecule has 1 atom stereocenters. The van der Waals surface area contributed by atoms with E-state index in [0.717, 1.165) is 11.1 Å². The van der Waals surface area contributed by atoms with Crippen molar-refractivity contribution in [1.29, 1.82) is 0 Å². The van der Waals surface area contributed by atoms with Gasteiger partial charge in [0.25, 0.3) is 0 Å². The standard InChI is InChI=1S/C14H15ClN2O/c1-10(16)12-5-6-17-14(8-12)18-9-11-3-2-4-13(15)7-11/h2-8,10H,9,16H2,1H3/t10-/m0/s1. The summed E-state index contributed by atoms with van der Waals surface area (Å²) >= 11 is 5.91. The fourth-order valence-electron chi connectivity index (χ4n) is 1.57. The summed E-state index contributed by atoms with van der Waals surface area (Å²) in [6.45, 7) is 2.37. The molecular weight excluding hydrogens is 248 g/mol. The van der Waals surface area contributed by atoms with Gasteiger partial charge < -0.3 is 10.5 Å². The van der Waals surface area contributed by atoms with Gasteiger partial charge in [0, 0.05) is 23.3 Å². The number of hydrogen-bond donors (Lipinski definition) is 1. The summed E-state index contributed by atoms with van der Waals surface area (Å²) in [6.07, 6.45) is 1.70. The third-order valence-corrected chi connectivity index (χ3v) is 2.80. The maximum Gasteiger partial charge on any atom is 0.213 e. The van der Waals surface area contributed by atoms with Gasteiger partial charge in [-0.25, -0.2) is 4.98 Å². The largest absolute Gasteiger partial charge is 0.473 e. The van der Waals surface area contributed by atoms with Crippen molar-refractivity contribution in [2.24, 2.45) is 5.73 Å². The molecule has 0 spiro atoms. The fraction of sp³-hybridized carbons (Fsp3) is 0.214. The van der Waals surface area contributed by atoms with Gasteiger partial charge in [0.05, 0.1) is 0 Å². The van der Waals surface area contributed by atoms with Gasteiger partial charge in [-0.3, -0.25) is 0 Å². The summed E-state index contributed by atoms with van der Waals surface area (Å²) in [6, 6.07) is 11.3. The molecule has 94 valence electrons. The molecule has 1 aromatic heterocycles. The van der Waals surface area contributed by atoms with Crippen LogP contribution in [0.2, 0.25) is 5.02 Å². The molecule has 0 aliphatic heterocycles. The number of hydrogen-bond acceptors (Lipinski definition) is 3. The van der Waals surface area contributed by atoms with E-state index in [0.29, 0.717) is 17.5 Å². The third-order valence-electron chi connectivity index (χ3n) is 2.56. The molecule has 1 heterocycles. The summed E-state index contributed by atoms with van der Waals surface area (Å²) in [4.78, 5) is 4.15. The van der Waals surface area contributed by atoms with Crippen molar-refractivity contribution in [2.75, 3.05) is 0 Å². The lowest BCUT2D eigenvalue weighted by atomic mass is 10.1. The van der Waals surface area contributed by atoms with Crippen LogP contribution in [0.4, 0.5) is 0 Å². The monoisotopic (exact) mass is 262 g/mol. The zero-order valence-electron chi connectivity index (χ0n) is 10.1. The molecule has 0 amide bonds. The van der Waals surface area contributed by atoms with Crippen LogP contribution in [0.15, 0.2) is 42.6 Å². The molecule has 4 heteroatoms. The smallest absolute Gasteiger partial charge is 0.213 e. The van der Waals surface area contributed by atoms with Gasteiger partial charge in [0.2, 0.25) is 5.88 Å². The predicted octanol–water partition coefficient (Wildman–Crippen LogP) is 3.33. The summed E-state index contributed by atoms with van der Waals surface area (Å²) in [5.74, 6) is 0.574. The maximum absolute atomic E-state index is 5.91. The molecular formula is C14H15ClN2O. The Kier molecular flexibility index (Phi) is 4.18. The first-order chi connectivity index (χ1) is 8.65. The number of nitrogens with zero attached hydrogens (tertiary/aromatic N) is 1. The van der Waals surface area contributed by atoms with Crippen molar-refractivity contribution in [2.45, 2.75) is 19.6 Å². The van der Waals surface area contributed by atoms with E-state index < -0.39 is 0 Å².